The van der Waals surface area contributed by atoms with Crippen molar-refractivity contribution >= 4 is 18.0 Å². The van der Waals surface area contributed by atoms with Gasteiger partial charge in [0.25, 0.3) is 0 Å². The number of likely N-dealkylation sites (tertiary alicyclic amines) is 1. The van der Waals surface area contributed by atoms with Crippen molar-refractivity contribution in [3.8, 4) is 0 Å². The highest BCUT2D eigenvalue weighted by molar-refractivity contribution is 5.84. The Labute approximate surface area is 125 Å². The van der Waals surface area contributed by atoms with Crippen LogP contribution < -0.4 is 0 Å². The largest absolute Gasteiger partial charge is 0.480 e. The molecule has 0 saturated carbocycles. The number of piperidine rings is 1. The van der Waals surface area contributed by atoms with Gasteiger partial charge in [-0.2, -0.15) is 0 Å². The number of carbonyl (C=O) groups excluding carboxylic acids is 1. The maximum atomic E-state index is 12.2. The highest BCUT2D eigenvalue weighted by atomic mass is 16.4. The van der Waals surface area contributed by atoms with Crippen molar-refractivity contribution in [1.82, 2.24) is 4.90 Å². The van der Waals surface area contributed by atoms with Crippen molar-refractivity contribution < 1.29 is 14.7 Å². The van der Waals surface area contributed by atoms with Crippen molar-refractivity contribution in [1.29, 1.82) is 0 Å². The van der Waals surface area contributed by atoms with Crippen LogP contribution in [0, 0.1) is 0 Å². The Bertz CT molecular complexity index is 510. The molecule has 0 bridgehead atoms. The number of carbonyl (C=O) groups is 2. The molecule has 0 aliphatic carbocycles. The van der Waals surface area contributed by atoms with Gasteiger partial charge >= 0.3 is 5.97 Å². The van der Waals surface area contributed by atoms with E-state index < -0.39 is 12.0 Å². The fourth-order valence-corrected chi connectivity index (χ4v) is 2.62. The van der Waals surface area contributed by atoms with Gasteiger partial charge in [-0.1, -0.05) is 42.5 Å². The standard InChI is InChI=1S/C17H21NO3/c19-16(18-13-7-6-11-15(18)17(20)21)12-5-4-10-14-8-2-1-3-9-14/h1-4,8-10,15H,5-7,11-13H2,(H,20,21)/b10-4+. The summed E-state index contributed by atoms with van der Waals surface area (Å²) in [7, 11) is 0. The Balaban J connectivity index is 1.83. The molecule has 1 saturated heterocycles. The first-order valence-electron chi connectivity index (χ1n) is 7.42. The Morgan fingerprint density at radius 3 is 2.71 bits per heavy atom. The van der Waals surface area contributed by atoms with Gasteiger partial charge in [-0.25, -0.2) is 4.79 Å². The van der Waals surface area contributed by atoms with E-state index in [1.54, 1.807) is 0 Å². The summed E-state index contributed by atoms with van der Waals surface area (Å²) in [6.07, 6.45) is 7.31. The molecule has 1 atom stereocenters. The third-order valence-corrected chi connectivity index (χ3v) is 3.74. The van der Waals surface area contributed by atoms with Gasteiger partial charge in [0.1, 0.15) is 6.04 Å². The van der Waals surface area contributed by atoms with Gasteiger partial charge in [0, 0.05) is 13.0 Å². The van der Waals surface area contributed by atoms with Gasteiger partial charge in [-0.15, -0.1) is 0 Å². The number of amides is 1. The second kappa shape index (κ2) is 7.62. The maximum absolute atomic E-state index is 12.2. The van der Waals surface area contributed by atoms with E-state index in [0.29, 0.717) is 25.8 Å². The number of nitrogens with zero attached hydrogens (tertiary/aromatic N) is 1. The third-order valence-electron chi connectivity index (χ3n) is 3.74. The molecule has 2 rings (SSSR count). The summed E-state index contributed by atoms with van der Waals surface area (Å²) in [4.78, 5) is 24.9. The van der Waals surface area contributed by atoms with Crippen molar-refractivity contribution in [2.45, 2.75) is 38.1 Å². The fraction of sp³-hybridized carbons (Fsp3) is 0.412. The van der Waals surface area contributed by atoms with E-state index in [-0.39, 0.29) is 5.91 Å². The number of benzene rings is 1. The zero-order chi connectivity index (χ0) is 15.1. The summed E-state index contributed by atoms with van der Waals surface area (Å²) in [5.41, 5.74) is 1.10. The van der Waals surface area contributed by atoms with E-state index in [2.05, 4.69) is 0 Å². The SMILES string of the molecule is O=C(O)C1CCCCN1C(=O)CC/C=C/c1ccccc1. The first kappa shape index (κ1) is 15.3. The van der Waals surface area contributed by atoms with E-state index in [1.165, 1.54) is 4.90 Å². The summed E-state index contributed by atoms with van der Waals surface area (Å²) in [5.74, 6) is -0.942. The van der Waals surface area contributed by atoms with Crippen LogP contribution in [0.4, 0.5) is 0 Å². The van der Waals surface area contributed by atoms with Crippen LogP contribution in [0.2, 0.25) is 0 Å². The van der Waals surface area contributed by atoms with E-state index in [4.69, 9.17) is 5.11 Å². The van der Waals surface area contributed by atoms with Crippen LogP contribution in [0.15, 0.2) is 36.4 Å². The topological polar surface area (TPSA) is 57.6 Å². The summed E-state index contributed by atoms with van der Waals surface area (Å²) in [5, 5.41) is 9.17. The van der Waals surface area contributed by atoms with Crippen LogP contribution in [0.25, 0.3) is 6.08 Å². The summed E-state index contributed by atoms with van der Waals surface area (Å²) < 4.78 is 0. The summed E-state index contributed by atoms with van der Waals surface area (Å²) >= 11 is 0. The number of rotatable bonds is 5. The molecule has 21 heavy (non-hydrogen) atoms. The predicted molar refractivity (Wildman–Crippen MR) is 81.7 cm³/mol. The van der Waals surface area contributed by atoms with Crippen molar-refractivity contribution in [2.24, 2.45) is 0 Å². The highest BCUT2D eigenvalue weighted by Gasteiger charge is 2.31. The molecule has 1 heterocycles. The van der Waals surface area contributed by atoms with Gasteiger partial charge < -0.3 is 10.0 Å². The van der Waals surface area contributed by atoms with E-state index in [9.17, 15) is 9.59 Å². The van der Waals surface area contributed by atoms with Crippen molar-refractivity contribution in [3.05, 3.63) is 42.0 Å². The van der Waals surface area contributed by atoms with Crippen LogP contribution in [-0.2, 0) is 9.59 Å². The van der Waals surface area contributed by atoms with E-state index in [1.807, 2.05) is 42.5 Å². The molecular formula is C17H21NO3. The molecule has 1 amide bonds. The lowest BCUT2D eigenvalue weighted by Gasteiger charge is -2.32. The number of carboxylic acid groups (broad SMARTS) is 1. The summed E-state index contributed by atoms with van der Waals surface area (Å²) in [6, 6.07) is 9.27. The van der Waals surface area contributed by atoms with Gasteiger partial charge in [-0.05, 0) is 31.2 Å². The van der Waals surface area contributed by atoms with Crippen molar-refractivity contribution in [2.75, 3.05) is 6.54 Å². The van der Waals surface area contributed by atoms with Crippen LogP contribution in [0.3, 0.4) is 0 Å². The average Bonchev–Trinajstić information content (AvgIpc) is 2.52. The molecule has 0 aromatic heterocycles. The first-order valence-corrected chi connectivity index (χ1v) is 7.42. The molecular weight excluding hydrogens is 266 g/mol. The maximum Gasteiger partial charge on any atom is 0.326 e. The first-order chi connectivity index (χ1) is 10.2. The second-order valence-corrected chi connectivity index (χ2v) is 5.29. The van der Waals surface area contributed by atoms with Crippen LogP contribution >= 0.6 is 0 Å². The molecule has 1 aromatic rings. The molecule has 0 radical (unpaired) electrons. The molecule has 112 valence electrons. The van der Waals surface area contributed by atoms with Gasteiger partial charge in [-0.3, -0.25) is 4.79 Å². The minimum Gasteiger partial charge on any atom is -0.480 e. The lowest BCUT2D eigenvalue weighted by Crippen LogP contribution is -2.47. The number of hydrogen-bond acceptors (Lipinski definition) is 2. The second-order valence-electron chi connectivity index (χ2n) is 5.29. The smallest absolute Gasteiger partial charge is 0.326 e. The van der Waals surface area contributed by atoms with Crippen molar-refractivity contribution in [3.63, 3.8) is 0 Å². The van der Waals surface area contributed by atoms with Crippen LogP contribution in [0.1, 0.15) is 37.7 Å². The quantitative estimate of drug-likeness (QED) is 0.905. The molecule has 1 aromatic carbocycles. The number of aliphatic carboxylic acids is 1. The molecule has 4 nitrogen and oxygen atoms in total. The lowest BCUT2D eigenvalue weighted by atomic mass is 10.0. The monoisotopic (exact) mass is 287 g/mol. The van der Waals surface area contributed by atoms with Gasteiger partial charge in [0.05, 0.1) is 0 Å². The number of hydrogen-bond donors (Lipinski definition) is 1. The molecule has 1 aliphatic heterocycles. The lowest BCUT2D eigenvalue weighted by molar-refractivity contribution is -0.152. The minimum absolute atomic E-state index is 0.0557. The van der Waals surface area contributed by atoms with Gasteiger partial charge in [0.15, 0.2) is 0 Å². The van der Waals surface area contributed by atoms with Gasteiger partial charge in [0.2, 0.25) is 5.91 Å². The zero-order valence-corrected chi connectivity index (χ0v) is 12.1. The predicted octanol–water partition coefficient (Wildman–Crippen LogP) is 2.95. The summed E-state index contributed by atoms with van der Waals surface area (Å²) in [6.45, 7) is 0.568. The fourth-order valence-electron chi connectivity index (χ4n) is 2.62. The molecule has 1 N–H and O–H groups in total. The van der Waals surface area contributed by atoms with E-state index in [0.717, 1.165) is 18.4 Å². The molecule has 1 aliphatic rings. The Hall–Kier alpha value is -2.10. The average molecular weight is 287 g/mol. The number of allylic oxidation sites excluding steroid dienone is 1. The molecule has 0 spiro atoms. The molecule has 4 heteroatoms. The van der Waals surface area contributed by atoms with Crippen LogP contribution in [-0.4, -0.2) is 34.5 Å². The zero-order valence-electron chi connectivity index (χ0n) is 12.1. The third kappa shape index (κ3) is 4.45. The Morgan fingerprint density at radius 1 is 1.24 bits per heavy atom. The van der Waals surface area contributed by atoms with Crippen LogP contribution in [0.5, 0.6) is 0 Å². The normalized spacial score (nSPS) is 18.9. The highest BCUT2D eigenvalue weighted by Crippen LogP contribution is 2.18. The Kier molecular flexibility index (Phi) is 5.55. The number of carboxylic acids is 1. The van der Waals surface area contributed by atoms with E-state index >= 15 is 0 Å². The Morgan fingerprint density at radius 2 is 2.00 bits per heavy atom. The molecule has 1 fully saturated rings. The molecule has 1 unspecified atom stereocenters. The minimum atomic E-state index is -0.886.